The fourth-order valence-electron chi connectivity index (χ4n) is 3.08. The number of likely N-dealkylation sites (tertiary alicyclic amines) is 1. The summed E-state index contributed by atoms with van der Waals surface area (Å²) in [4.78, 5) is 31.1. The van der Waals surface area contributed by atoms with Gasteiger partial charge in [0.2, 0.25) is 11.8 Å². The summed E-state index contributed by atoms with van der Waals surface area (Å²) in [5.41, 5.74) is 2.73. The van der Waals surface area contributed by atoms with Crippen LogP contribution in [0, 0.1) is 12.8 Å². The predicted molar refractivity (Wildman–Crippen MR) is 76.4 cm³/mol. The van der Waals surface area contributed by atoms with Crippen LogP contribution < -0.4 is 5.32 Å². The number of carbonyl (C=O) groups excluding carboxylic acids is 2. The zero-order chi connectivity index (χ0) is 14.1. The molecule has 0 aliphatic carbocycles. The summed E-state index contributed by atoms with van der Waals surface area (Å²) < 4.78 is 0. The van der Waals surface area contributed by atoms with Crippen molar-refractivity contribution >= 4 is 23.2 Å². The Bertz CT molecular complexity index is 528. The summed E-state index contributed by atoms with van der Waals surface area (Å²) in [6.07, 6.45) is 3.03. The second-order valence-electron chi connectivity index (χ2n) is 5.66. The quantitative estimate of drug-likeness (QED) is 0.889. The maximum Gasteiger partial charge on any atom is 0.227 e. The van der Waals surface area contributed by atoms with E-state index >= 15 is 0 Å². The van der Waals surface area contributed by atoms with Crippen LogP contribution >= 0.6 is 11.3 Å². The molecule has 0 spiro atoms. The van der Waals surface area contributed by atoms with Crippen molar-refractivity contribution in [1.29, 1.82) is 0 Å². The minimum absolute atomic E-state index is 0.130. The number of thiazole rings is 1. The van der Waals surface area contributed by atoms with Crippen LogP contribution in [0.1, 0.15) is 29.8 Å². The number of nitrogens with one attached hydrogen (secondary N) is 1. The standard InChI is InChI=1S/C14H19N3O2S/c1-9-12(20-8-15-9)5-14(19)17-6-10-3-2-4-13(18)16-11(10)7-17/h8,10-11H,2-7H2,1H3,(H,16,18). The first-order chi connectivity index (χ1) is 9.63. The number of nitrogens with zero attached hydrogens (tertiary/aromatic N) is 2. The Morgan fingerprint density at radius 1 is 1.55 bits per heavy atom. The highest BCUT2D eigenvalue weighted by molar-refractivity contribution is 7.09. The van der Waals surface area contributed by atoms with Gasteiger partial charge >= 0.3 is 0 Å². The molecule has 3 rings (SSSR count). The van der Waals surface area contributed by atoms with Crippen molar-refractivity contribution in [2.75, 3.05) is 13.1 Å². The molecule has 2 fully saturated rings. The first-order valence-corrected chi connectivity index (χ1v) is 7.97. The third-order valence-electron chi connectivity index (χ3n) is 4.28. The lowest BCUT2D eigenvalue weighted by Crippen LogP contribution is -2.39. The van der Waals surface area contributed by atoms with Crippen molar-refractivity contribution in [3.63, 3.8) is 0 Å². The van der Waals surface area contributed by atoms with Crippen LogP contribution in [0.15, 0.2) is 5.51 Å². The van der Waals surface area contributed by atoms with Crippen LogP contribution in [0.2, 0.25) is 0 Å². The molecule has 108 valence electrons. The molecular weight excluding hydrogens is 274 g/mol. The predicted octanol–water partition coefficient (Wildman–Crippen LogP) is 1.12. The summed E-state index contributed by atoms with van der Waals surface area (Å²) in [7, 11) is 0. The highest BCUT2D eigenvalue weighted by Crippen LogP contribution is 2.26. The van der Waals surface area contributed by atoms with Crippen molar-refractivity contribution < 1.29 is 9.59 Å². The molecule has 2 unspecified atom stereocenters. The van der Waals surface area contributed by atoms with E-state index in [1.54, 1.807) is 5.51 Å². The Kier molecular flexibility index (Phi) is 3.74. The van der Waals surface area contributed by atoms with E-state index in [1.165, 1.54) is 11.3 Å². The summed E-state index contributed by atoms with van der Waals surface area (Å²) in [6.45, 7) is 3.38. The van der Waals surface area contributed by atoms with Gasteiger partial charge in [0, 0.05) is 24.4 Å². The zero-order valence-corrected chi connectivity index (χ0v) is 12.4. The maximum absolute atomic E-state index is 12.4. The Morgan fingerprint density at radius 2 is 2.40 bits per heavy atom. The minimum atomic E-state index is 0.130. The van der Waals surface area contributed by atoms with Gasteiger partial charge in [-0.15, -0.1) is 11.3 Å². The van der Waals surface area contributed by atoms with Gasteiger partial charge in [0.1, 0.15) is 0 Å². The van der Waals surface area contributed by atoms with E-state index in [0.29, 0.717) is 25.3 Å². The molecule has 2 aliphatic heterocycles. The number of amides is 2. The van der Waals surface area contributed by atoms with Crippen molar-refractivity contribution in [3.05, 3.63) is 16.1 Å². The van der Waals surface area contributed by atoms with Crippen molar-refractivity contribution in [3.8, 4) is 0 Å². The van der Waals surface area contributed by atoms with Crippen molar-refractivity contribution in [1.82, 2.24) is 15.2 Å². The lowest BCUT2D eigenvalue weighted by Gasteiger charge is -2.16. The summed E-state index contributed by atoms with van der Waals surface area (Å²) in [6, 6.07) is 0.150. The molecule has 1 aromatic rings. The topological polar surface area (TPSA) is 62.3 Å². The molecular formula is C14H19N3O2S. The number of carbonyl (C=O) groups is 2. The van der Waals surface area contributed by atoms with E-state index in [-0.39, 0.29) is 17.9 Å². The van der Waals surface area contributed by atoms with Gasteiger partial charge in [-0.25, -0.2) is 4.98 Å². The number of hydrogen-bond donors (Lipinski definition) is 1. The minimum Gasteiger partial charge on any atom is -0.351 e. The summed E-state index contributed by atoms with van der Waals surface area (Å²) in [5.74, 6) is 0.706. The first-order valence-electron chi connectivity index (χ1n) is 7.09. The van der Waals surface area contributed by atoms with Crippen LogP contribution in [0.4, 0.5) is 0 Å². The monoisotopic (exact) mass is 293 g/mol. The molecule has 2 saturated heterocycles. The lowest BCUT2D eigenvalue weighted by atomic mass is 9.99. The molecule has 6 heteroatoms. The molecule has 20 heavy (non-hydrogen) atoms. The van der Waals surface area contributed by atoms with Gasteiger partial charge < -0.3 is 10.2 Å². The molecule has 2 aliphatic rings. The van der Waals surface area contributed by atoms with E-state index in [9.17, 15) is 9.59 Å². The molecule has 1 aromatic heterocycles. The fourth-order valence-corrected chi connectivity index (χ4v) is 3.85. The third-order valence-corrected chi connectivity index (χ3v) is 5.21. The Balaban J connectivity index is 1.63. The highest BCUT2D eigenvalue weighted by Gasteiger charge is 2.37. The van der Waals surface area contributed by atoms with Gasteiger partial charge in [0.05, 0.1) is 23.7 Å². The molecule has 0 bridgehead atoms. The maximum atomic E-state index is 12.4. The largest absolute Gasteiger partial charge is 0.351 e. The molecule has 0 saturated carbocycles. The summed E-state index contributed by atoms with van der Waals surface area (Å²) in [5, 5.41) is 3.05. The SMILES string of the molecule is Cc1ncsc1CC(=O)N1CC2CCCC(=O)NC2C1. The van der Waals surface area contributed by atoms with E-state index < -0.39 is 0 Å². The van der Waals surface area contributed by atoms with Crippen LogP contribution in [0.5, 0.6) is 0 Å². The molecule has 2 amide bonds. The van der Waals surface area contributed by atoms with Gasteiger partial charge in [-0.05, 0) is 25.7 Å². The summed E-state index contributed by atoms with van der Waals surface area (Å²) >= 11 is 1.54. The molecule has 1 N–H and O–H groups in total. The fraction of sp³-hybridized carbons (Fsp3) is 0.643. The highest BCUT2D eigenvalue weighted by atomic mass is 32.1. The van der Waals surface area contributed by atoms with Gasteiger partial charge in [-0.2, -0.15) is 0 Å². The van der Waals surface area contributed by atoms with E-state index in [0.717, 1.165) is 30.0 Å². The third kappa shape index (κ3) is 2.70. The van der Waals surface area contributed by atoms with Gasteiger partial charge in [0.15, 0.2) is 0 Å². The van der Waals surface area contributed by atoms with E-state index in [4.69, 9.17) is 0 Å². The van der Waals surface area contributed by atoms with Gasteiger partial charge in [-0.1, -0.05) is 0 Å². The second-order valence-corrected chi connectivity index (χ2v) is 6.60. The molecule has 2 atom stereocenters. The lowest BCUT2D eigenvalue weighted by molar-refractivity contribution is -0.130. The Morgan fingerprint density at radius 3 is 3.15 bits per heavy atom. The van der Waals surface area contributed by atoms with Crippen molar-refractivity contribution in [2.45, 2.75) is 38.6 Å². The number of aromatic nitrogens is 1. The average Bonchev–Trinajstić information content (AvgIpc) is 2.93. The van der Waals surface area contributed by atoms with Crippen LogP contribution in [0.3, 0.4) is 0 Å². The number of aryl methyl sites for hydroxylation is 1. The average molecular weight is 293 g/mol. The van der Waals surface area contributed by atoms with E-state index in [2.05, 4.69) is 10.3 Å². The van der Waals surface area contributed by atoms with Crippen LogP contribution in [-0.4, -0.2) is 40.8 Å². The Labute approximate surface area is 122 Å². The first kappa shape index (κ1) is 13.5. The molecule has 3 heterocycles. The molecule has 5 nitrogen and oxygen atoms in total. The Hall–Kier alpha value is -1.43. The van der Waals surface area contributed by atoms with Gasteiger partial charge in [-0.3, -0.25) is 9.59 Å². The number of hydrogen-bond acceptors (Lipinski definition) is 4. The van der Waals surface area contributed by atoms with Crippen molar-refractivity contribution in [2.24, 2.45) is 5.92 Å². The molecule has 0 aromatic carbocycles. The van der Waals surface area contributed by atoms with E-state index in [1.807, 2.05) is 11.8 Å². The van der Waals surface area contributed by atoms with Gasteiger partial charge in [0.25, 0.3) is 0 Å². The molecule has 0 radical (unpaired) electrons. The number of fused-ring (bicyclic) bond motifs is 1. The van der Waals surface area contributed by atoms with Crippen LogP contribution in [0.25, 0.3) is 0 Å². The second kappa shape index (κ2) is 5.52. The normalized spacial score (nSPS) is 26.1. The smallest absolute Gasteiger partial charge is 0.227 e. The zero-order valence-electron chi connectivity index (χ0n) is 11.6. The van der Waals surface area contributed by atoms with Crippen LogP contribution in [-0.2, 0) is 16.0 Å². The number of rotatable bonds is 2.